The molecule has 2 aromatic carbocycles. The SMILES string of the molecule is CCc1c(F)cc2c(=O)c(C(=O)O)cn(-c3ccc(F)cc3F)c2c1CC. The van der Waals surface area contributed by atoms with E-state index in [1.165, 1.54) is 4.57 Å². The number of benzene rings is 2. The molecule has 140 valence electrons. The van der Waals surface area contributed by atoms with Crippen molar-refractivity contribution < 1.29 is 23.1 Å². The van der Waals surface area contributed by atoms with Crippen molar-refractivity contribution in [2.75, 3.05) is 0 Å². The van der Waals surface area contributed by atoms with E-state index in [-0.39, 0.29) is 16.6 Å². The van der Waals surface area contributed by atoms with Gasteiger partial charge >= 0.3 is 5.97 Å². The number of aromatic carboxylic acids is 1. The van der Waals surface area contributed by atoms with Crippen LogP contribution in [0.15, 0.2) is 35.3 Å². The molecule has 0 fully saturated rings. The normalized spacial score (nSPS) is 11.1. The second kappa shape index (κ2) is 6.90. The first-order valence-corrected chi connectivity index (χ1v) is 8.38. The Bertz CT molecular complexity index is 1140. The number of pyridine rings is 1. The average molecular weight is 375 g/mol. The molecule has 0 aliphatic carbocycles. The molecule has 0 saturated heterocycles. The van der Waals surface area contributed by atoms with Crippen LogP contribution in [0.25, 0.3) is 16.6 Å². The van der Waals surface area contributed by atoms with E-state index in [0.29, 0.717) is 30.0 Å². The summed E-state index contributed by atoms with van der Waals surface area (Å²) in [5.74, 6) is -3.86. The van der Waals surface area contributed by atoms with Gasteiger partial charge in [0.2, 0.25) is 5.43 Å². The molecular formula is C20H16F3NO3. The number of carboxylic acid groups (broad SMARTS) is 1. The van der Waals surface area contributed by atoms with Crippen LogP contribution in [0, 0.1) is 17.5 Å². The van der Waals surface area contributed by atoms with Gasteiger partial charge in [0.25, 0.3) is 0 Å². The molecule has 0 aliphatic heterocycles. The molecule has 27 heavy (non-hydrogen) atoms. The number of aromatic nitrogens is 1. The van der Waals surface area contributed by atoms with Crippen LogP contribution in [0.3, 0.4) is 0 Å². The van der Waals surface area contributed by atoms with Crippen molar-refractivity contribution in [1.82, 2.24) is 4.57 Å². The molecule has 3 rings (SSSR count). The van der Waals surface area contributed by atoms with Crippen LogP contribution in [-0.2, 0) is 12.8 Å². The van der Waals surface area contributed by atoms with E-state index >= 15 is 0 Å². The number of halogens is 3. The van der Waals surface area contributed by atoms with Gasteiger partial charge in [-0.1, -0.05) is 13.8 Å². The zero-order valence-corrected chi connectivity index (χ0v) is 14.6. The van der Waals surface area contributed by atoms with Crippen molar-refractivity contribution in [3.63, 3.8) is 0 Å². The Morgan fingerprint density at radius 3 is 2.26 bits per heavy atom. The maximum atomic E-state index is 14.5. The molecule has 1 N–H and O–H groups in total. The zero-order chi connectivity index (χ0) is 19.9. The van der Waals surface area contributed by atoms with Gasteiger partial charge in [-0.05, 0) is 42.2 Å². The van der Waals surface area contributed by atoms with Crippen LogP contribution >= 0.6 is 0 Å². The Kier molecular flexibility index (Phi) is 4.78. The van der Waals surface area contributed by atoms with Crippen LogP contribution in [-0.4, -0.2) is 15.6 Å². The lowest BCUT2D eigenvalue weighted by molar-refractivity contribution is 0.0695. The van der Waals surface area contributed by atoms with Crippen molar-refractivity contribution in [2.24, 2.45) is 0 Å². The highest BCUT2D eigenvalue weighted by atomic mass is 19.1. The minimum atomic E-state index is -1.52. The van der Waals surface area contributed by atoms with E-state index in [4.69, 9.17) is 0 Å². The molecular weight excluding hydrogens is 359 g/mol. The summed E-state index contributed by atoms with van der Waals surface area (Å²) in [4.78, 5) is 24.1. The van der Waals surface area contributed by atoms with E-state index in [9.17, 15) is 27.9 Å². The lowest BCUT2D eigenvalue weighted by Crippen LogP contribution is -2.20. The fourth-order valence-corrected chi connectivity index (χ4v) is 3.36. The van der Waals surface area contributed by atoms with Gasteiger partial charge in [0, 0.05) is 12.3 Å². The third-order valence-electron chi connectivity index (χ3n) is 4.56. The minimum absolute atomic E-state index is 0.132. The average Bonchev–Trinajstić information content (AvgIpc) is 2.61. The molecule has 1 heterocycles. The van der Waals surface area contributed by atoms with Crippen molar-refractivity contribution in [1.29, 1.82) is 0 Å². The van der Waals surface area contributed by atoms with Crippen LogP contribution < -0.4 is 5.43 Å². The van der Waals surface area contributed by atoms with E-state index in [2.05, 4.69) is 0 Å². The van der Waals surface area contributed by atoms with Crippen molar-refractivity contribution in [3.8, 4) is 5.69 Å². The highest BCUT2D eigenvalue weighted by Crippen LogP contribution is 2.28. The summed E-state index contributed by atoms with van der Waals surface area (Å²) in [6.07, 6.45) is 1.68. The van der Waals surface area contributed by atoms with Crippen LogP contribution in [0.4, 0.5) is 13.2 Å². The third kappa shape index (κ3) is 2.99. The summed E-state index contributed by atoms with van der Waals surface area (Å²) in [7, 11) is 0. The van der Waals surface area contributed by atoms with Crippen LogP contribution in [0.1, 0.15) is 35.3 Å². The molecule has 0 spiro atoms. The molecule has 0 saturated carbocycles. The first-order chi connectivity index (χ1) is 12.8. The molecule has 0 aliphatic rings. The highest BCUT2D eigenvalue weighted by Gasteiger charge is 2.22. The quantitative estimate of drug-likeness (QED) is 0.742. The Morgan fingerprint density at radius 1 is 1.04 bits per heavy atom. The van der Waals surface area contributed by atoms with Crippen molar-refractivity contribution in [3.05, 3.63) is 74.8 Å². The number of carboxylic acids is 1. The monoisotopic (exact) mass is 375 g/mol. The van der Waals surface area contributed by atoms with Gasteiger partial charge < -0.3 is 9.67 Å². The van der Waals surface area contributed by atoms with E-state index < -0.39 is 34.4 Å². The first kappa shape index (κ1) is 18.7. The molecule has 4 nitrogen and oxygen atoms in total. The summed E-state index contributed by atoms with van der Waals surface area (Å²) < 4.78 is 43.5. The summed E-state index contributed by atoms with van der Waals surface area (Å²) >= 11 is 0. The van der Waals surface area contributed by atoms with E-state index in [1.54, 1.807) is 13.8 Å². The van der Waals surface area contributed by atoms with Gasteiger partial charge in [-0.3, -0.25) is 4.79 Å². The number of nitrogens with zero attached hydrogens (tertiary/aromatic N) is 1. The van der Waals surface area contributed by atoms with Gasteiger partial charge in [-0.15, -0.1) is 0 Å². The van der Waals surface area contributed by atoms with Crippen LogP contribution in [0.5, 0.6) is 0 Å². The van der Waals surface area contributed by atoms with Gasteiger partial charge in [-0.25, -0.2) is 18.0 Å². The summed E-state index contributed by atoms with van der Waals surface area (Å²) in [6, 6.07) is 3.82. The van der Waals surface area contributed by atoms with E-state index in [1.807, 2.05) is 0 Å². The van der Waals surface area contributed by atoms with Crippen LogP contribution in [0.2, 0.25) is 0 Å². The predicted molar refractivity (Wildman–Crippen MR) is 95.1 cm³/mol. The molecule has 0 unspecified atom stereocenters. The second-order valence-electron chi connectivity index (χ2n) is 6.06. The van der Waals surface area contributed by atoms with Gasteiger partial charge in [0.15, 0.2) is 0 Å². The number of aryl methyl sites for hydroxylation is 1. The Morgan fingerprint density at radius 2 is 1.70 bits per heavy atom. The summed E-state index contributed by atoms with van der Waals surface area (Å²) in [6.45, 7) is 3.50. The molecule has 0 amide bonds. The molecule has 7 heteroatoms. The van der Waals surface area contributed by atoms with Gasteiger partial charge in [-0.2, -0.15) is 0 Å². The molecule has 1 aromatic heterocycles. The fraction of sp³-hybridized carbons (Fsp3) is 0.200. The number of hydrogen-bond donors (Lipinski definition) is 1. The maximum absolute atomic E-state index is 14.5. The topological polar surface area (TPSA) is 59.3 Å². The summed E-state index contributed by atoms with van der Waals surface area (Å²) in [5, 5.41) is 9.18. The minimum Gasteiger partial charge on any atom is -0.477 e. The number of carbonyl (C=O) groups is 1. The zero-order valence-electron chi connectivity index (χ0n) is 14.6. The fourth-order valence-electron chi connectivity index (χ4n) is 3.36. The number of hydrogen-bond acceptors (Lipinski definition) is 2. The van der Waals surface area contributed by atoms with Gasteiger partial charge in [0.1, 0.15) is 23.0 Å². The molecule has 0 radical (unpaired) electrons. The number of rotatable bonds is 4. The number of fused-ring (bicyclic) bond motifs is 1. The third-order valence-corrected chi connectivity index (χ3v) is 4.56. The first-order valence-electron chi connectivity index (χ1n) is 8.38. The molecule has 3 aromatic rings. The van der Waals surface area contributed by atoms with Gasteiger partial charge in [0.05, 0.1) is 16.6 Å². The van der Waals surface area contributed by atoms with Crippen molar-refractivity contribution in [2.45, 2.75) is 26.7 Å². The highest BCUT2D eigenvalue weighted by molar-refractivity contribution is 5.94. The van der Waals surface area contributed by atoms with E-state index in [0.717, 1.165) is 24.4 Å². The lowest BCUT2D eigenvalue weighted by Gasteiger charge is -2.19. The molecule has 0 atom stereocenters. The standard InChI is InChI=1S/C20H16F3NO3/c1-3-11-12(4-2)18-13(8-15(11)22)19(25)14(20(26)27)9-24(18)17-6-5-10(21)7-16(17)23/h5-9H,3-4H2,1-2H3,(H,26,27). The smallest absolute Gasteiger partial charge is 0.341 e. The van der Waals surface area contributed by atoms with Crippen molar-refractivity contribution >= 4 is 16.9 Å². The Hall–Kier alpha value is -3.09. The predicted octanol–water partition coefficient (Wildman–Crippen LogP) is 4.23. The Labute approximate surface area is 152 Å². The Balaban J connectivity index is 2.60. The lowest BCUT2D eigenvalue weighted by atomic mass is 9.96. The largest absolute Gasteiger partial charge is 0.477 e. The molecule has 0 bridgehead atoms. The summed E-state index contributed by atoms with van der Waals surface area (Å²) in [5.41, 5.74) is -0.554. The maximum Gasteiger partial charge on any atom is 0.341 e. The second-order valence-corrected chi connectivity index (χ2v) is 6.06.